The SMILES string of the molecule is CC(=O)C1C=NCCC1. The highest BCUT2D eigenvalue weighted by Crippen LogP contribution is 2.09. The highest BCUT2D eigenvalue weighted by molar-refractivity contribution is 5.93. The minimum absolute atomic E-state index is 0.124. The molecule has 0 amide bonds. The summed E-state index contributed by atoms with van der Waals surface area (Å²) in [6, 6.07) is 0. The van der Waals surface area contributed by atoms with E-state index in [0.29, 0.717) is 0 Å². The third-order valence-electron chi connectivity index (χ3n) is 1.61. The lowest BCUT2D eigenvalue weighted by Gasteiger charge is -2.10. The lowest BCUT2D eigenvalue weighted by atomic mass is 9.99. The Balaban J connectivity index is 2.50. The van der Waals surface area contributed by atoms with Gasteiger partial charge >= 0.3 is 0 Å². The molecular formula is C7H11NO. The Kier molecular flexibility index (Phi) is 1.98. The molecule has 1 atom stereocenters. The molecule has 50 valence electrons. The Labute approximate surface area is 55.0 Å². The summed E-state index contributed by atoms with van der Waals surface area (Å²) in [5.41, 5.74) is 0. The maximum atomic E-state index is 10.7. The third kappa shape index (κ3) is 1.63. The number of carbonyl (C=O) groups is 1. The van der Waals surface area contributed by atoms with Gasteiger partial charge in [-0.05, 0) is 19.8 Å². The van der Waals surface area contributed by atoms with Gasteiger partial charge in [0.1, 0.15) is 5.78 Å². The minimum Gasteiger partial charge on any atom is -0.299 e. The Morgan fingerprint density at radius 2 is 2.56 bits per heavy atom. The summed E-state index contributed by atoms with van der Waals surface area (Å²) in [4.78, 5) is 14.7. The van der Waals surface area contributed by atoms with Crippen LogP contribution in [0, 0.1) is 5.92 Å². The maximum Gasteiger partial charge on any atom is 0.138 e. The van der Waals surface area contributed by atoms with Gasteiger partial charge in [0.05, 0.1) is 5.92 Å². The Morgan fingerprint density at radius 1 is 1.78 bits per heavy atom. The number of Topliss-reactive ketones (excluding diaryl/α,β-unsaturated/α-hetero) is 1. The van der Waals surface area contributed by atoms with Crippen molar-refractivity contribution < 1.29 is 4.79 Å². The standard InChI is InChI=1S/C7H11NO/c1-6(9)7-3-2-4-8-5-7/h5,7H,2-4H2,1H3. The summed E-state index contributed by atoms with van der Waals surface area (Å²) in [7, 11) is 0. The van der Waals surface area contributed by atoms with Crippen molar-refractivity contribution in [2.45, 2.75) is 19.8 Å². The van der Waals surface area contributed by atoms with Crippen molar-refractivity contribution in [3.8, 4) is 0 Å². The van der Waals surface area contributed by atoms with Crippen LogP contribution in [0.3, 0.4) is 0 Å². The van der Waals surface area contributed by atoms with Crippen molar-refractivity contribution in [3.05, 3.63) is 0 Å². The maximum absolute atomic E-state index is 10.7. The molecule has 0 saturated carbocycles. The Bertz CT molecular complexity index is 140. The van der Waals surface area contributed by atoms with E-state index in [-0.39, 0.29) is 11.7 Å². The van der Waals surface area contributed by atoms with Gasteiger partial charge < -0.3 is 0 Å². The van der Waals surface area contributed by atoms with Crippen LogP contribution >= 0.6 is 0 Å². The van der Waals surface area contributed by atoms with Crippen LogP contribution in [0.4, 0.5) is 0 Å². The van der Waals surface area contributed by atoms with Gasteiger partial charge in [0.15, 0.2) is 0 Å². The first-order valence-electron chi connectivity index (χ1n) is 3.31. The second kappa shape index (κ2) is 2.76. The van der Waals surface area contributed by atoms with Crippen LogP contribution in [0.5, 0.6) is 0 Å². The fourth-order valence-corrected chi connectivity index (χ4v) is 0.987. The van der Waals surface area contributed by atoms with Crippen LogP contribution in [0.25, 0.3) is 0 Å². The molecule has 1 aliphatic heterocycles. The van der Waals surface area contributed by atoms with Crippen molar-refractivity contribution in [1.82, 2.24) is 0 Å². The summed E-state index contributed by atoms with van der Waals surface area (Å²) in [5.74, 6) is 0.372. The lowest BCUT2D eigenvalue weighted by molar-refractivity contribution is -0.118. The smallest absolute Gasteiger partial charge is 0.138 e. The highest BCUT2D eigenvalue weighted by atomic mass is 16.1. The molecule has 0 aromatic heterocycles. The Morgan fingerprint density at radius 3 is 2.89 bits per heavy atom. The van der Waals surface area contributed by atoms with Crippen LogP contribution in [0.1, 0.15) is 19.8 Å². The zero-order chi connectivity index (χ0) is 6.69. The molecule has 0 aliphatic carbocycles. The summed E-state index contributed by atoms with van der Waals surface area (Å²) in [5, 5.41) is 0. The second-order valence-corrected chi connectivity index (χ2v) is 2.41. The number of carbonyl (C=O) groups excluding carboxylic acids is 1. The minimum atomic E-state index is 0.124. The topological polar surface area (TPSA) is 29.4 Å². The number of aliphatic imine (C=N–C) groups is 1. The predicted molar refractivity (Wildman–Crippen MR) is 36.8 cm³/mol. The molecule has 2 nitrogen and oxygen atoms in total. The molecule has 1 aliphatic rings. The number of rotatable bonds is 1. The van der Waals surface area contributed by atoms with Crippen molar-refractivity contribution in [1.29, 1.82) is 0 Å². The molecule has 0 bridgehead atoms. The largest absolute Gasteiger partial charge is 0.299 e. The number of ketones is 1. The molecule has 0 aromatic carbocycles. The van der Waals surface area contributed by atoms with Gasteiger partial charge in [0.25, 0.3) is 0 Å². The predicted octanol–water partition coefficient (Wildman–Crippen LogP) is 1.06. The lowest BCUT2D eigenvalue weighted by Crippen LogP contribution is -2.16. The fraction of sp³-hybridized carbons (Fsp3) is 0.714. The van der Waals surface area contributed by atoms with Gasteiger partial charge in [-0.15, -0.1) is 0 Å². The average molecular weight is 125 g/mol. The van der Waals surface area contributed by atoms with Crippen LogP contribution in [-0.4, -0.2) is 18.5 Å². The van der Waals surface area contributed by atoms with Crippen molar-refractivity contribution >= 4 is 12.0 Å². The summed E-state index contributed by atoms with van der Waals surface area (Å²) in [6.07, 6.45) is 3.85. The van der Waals surface area contributed by atoms with E-state index in [2.05, 4.69) is 4.99 Å². The number of nitrogens with zero attached hydrogens (tertiary/aromatic N) is 1. The fourth-order valence-electron chi connectivity index (χ4n) is 0.987. The molecule has 1 heterocycles. The van der Waals surface area contributed by atoms with E-state index in [1.165, 1.54) is 0 Å². The van der Waals surface area contributed by atoms with Crippen LogP contribution < -0.4 is 0 Å². The first-order valence-corrected chi connectivity index (χ1v) is 3.31. The molecule has 2 heteroatoms. The zero-order valence-electron chi connectivity index (χ0n) is 5.63. The van der Waals surface area contributed by atoms with Crippen molar-refractivity contribution in [2.75, 3.05) is 6.54 Å². The molecule has 9 heavy (non-hydrogen) atoms. The van der Waals surface area contributed by atoms with Crippen LogP contribution in [0.2, 0.25) is 0 Å². The van der Waals surface area contributed by atoms with E-state index in [0.717, 1.165) is 19.4 Å². The quantitative estimate of drug-likeness (QED) is 0.515. The second-order valence-electron chi connectivity index (χ2n) is 2.41. The van der Waals surface area contributed by atoms with Crippen molar-refractivity contribution in [2.24, 2.45) is 10.9 Å². The highest BCUT2D eigenvalue weighted by Gasteiger charge is 2.12. The van der Waals surface area contributed by atoms with E-state index >= 15 is 0 Å². The average Bonchev–Trinajstić information content (AvgIpc) is 1.90. The van der Waals surface area contributed by atoms with Gasteiger partial charge in [-0.2, -0.15) is 0 Å². The summed E-state index contributed by atoms with van der Waals surface area (Å²) < 4.78 is 0. The van der Waals surface area contributed by atoms with Crippen molar-refractivity contribution in [3.63, 3.8) is 0 Å². The summed E-state index contributed by atoms with van der Waals surface area (Å²) in [6.45, 7) is 2.53. The molecule has 1 rings (SSSR count). The van der Waals surface area contributed by atoms with Gasteiger partial charge in [0.2, 0.25) is 0 Å². The van der Waals surface area contributed by atoms with E-state index in [1.807, 2.05) is 0 Å². The van der Waals surface area contributed by atoms with Gasteiger partial charge in [-0.1, -0.05) is 0 Å². The molecular weight excluding hydrogens is 114 g/mol. The molecule has 0 spiro atoms. The normalized spacial score (nSPS) is 26.1. The first kappa shape index (κ1) is 6.46. The van der Waals surface area contributed by atoms with E-state index in [9.17, 15) is 4.79 Å². The number of hydrogen-bond donors (Lipinski definition) is 0. The summed E-state index contributed by atoms with van der Waals surface area (Å²) >= 11 is 0. The number of hydrogen-bond acceptors (Lipinski definition) is 2. The monoisotopic (exact) mass is 125 g/mol. The van der Waals surface area contributed by atoms with Gasteiger partial charge in [-0.3, -0.25) is 9.79 Å². The Hall–Kier alpha value is -0.660. The molecule has 0 fully saturated rings. The van der Waals surface area contributed by atoms with E-state index in [1.54, 1.807) is 13.1 Å². The third-order valence-corrected chi connectivity index (χ3v) is 1.61. The molecule has 0 radical (unpaired) electrons. The first-order chi connectivity index (χ1) is 4.30. The van der Waals surface area contributed by atoms with Crippen LogP contribution in [0.15, 0.2) is 4.99 Å². The zero-order valence-corrected chi connectivity index (χ0v) is 5.63. The van der Waals surface area contributed by atoms with E-state index < -0.39 is 0 Å². The van der Waals surface area contributed by atoms with Crippen LogP contribution in [-0.2, 0) is 4.79 Å². The molecule has 0 N–H and O–H groups in total. The van der Waals surface area contributed by atoms with Gasteiger partial charge in [-0.25, -0.2) is 0 Å². The molecule has 1 unspecified atom stereocenters. The van der Waals surface area contributed by atoms with E-state index in [4.69, 9.17) is 0 Å². The van der Waals surface area contributed by atoms with Gasteiger partial charge in [0, 0.05) is 12.8 Å². The molecule has 0 aromatic rings. The molecule has 0 saturated heterocycles.